The van der Waals surface area contributed by atoms with Gasteiger partial charge in [0, 0.05) is 18.7 Å². The normalized spacial score (nSPS) is 16.7. The average molecular weight is 277 g/mol. The summed E-state index contributed by atoms with van der Waals surface area (Å²) in [6, 6.07) is 15.0. The number of nitrogens with zero attached hydrogens (tertiary/aromatic N) is 1. The molecule has 2 aromatic carbocycles. The van der Waals surface area contributed by atoms with Crippen molar-refractivity contribution in [1.29, 1.82) is 0 Å². The van der Waals surface area contributed by atoms with Gasteiger partial charge >= 0.3 is 0 Å². The fraction of sp³-hybridized carbons (Fsp3) is 0.263. The van der Waals surface area contributed by atoms with Gasteiger partial charge in [-0.1, -0.05) is 36.4 Å². The lowest BCUT2D eigenvalue weighted by molar-refractivity contribution is 0.482. The summed E-state index contributed by atoms with van der Waals surface area (Å²) in [5, 5.41) is 0. The number of benzene rings is 2. The Morgan fingerprint density at radius 3 is 2.52 bits per heavy atom. The monoisotopic (exact) mass is 277 g/mol. The Labute approximate surface area is 125 Å². The van der Waals surface area contributed by atoms with E-state index in [-0.39, 0.29) is 0 Å². The second-order valence-corrected chi connectivity index (χ2v) is 5.71. The summed E-state index contributed by atoms with van der Waals surface area (Å²) in [7, 11) is 0. The predicted octanol–water partition coefficient (Wildman–Crippen LogP) is 4.71. The first-order valence-electron chi connectivity index (χ1n) is 7.74. The molecular weight excluding hydrogens is 258 g/mol. The minimum atomic E-state index is 1.00. The van der Waals surface area contributed by atoms with Gasteiger partial charge in [0.1, 0.15) is 0 Å². The van der Waals surface area contributed by atoms with Gasteiger partial charge in [0.05, 0.1) is 11.9 Å². The van der Waals surface area contributed by atoms with Crippen LogP contribution < -0.4 is 9.64 Å². The maximum absolute atomic E-state index is 5.99. The van der Waals surface area contributed by atoms with Crippen LogP contribution in [0.4, 0.5) is 5.69 Å². The molecule has 21 heavy (non-hydrogen) atoms. The Bertz CT molecular complexity index is 684. The number of hydrogen-bond donors (Lipinski definition) is 0. The van der Waals surface area contributed by atoms with Crippen LogP contribution in [0.3, 0.4) is 0 Å². The van der Waals surface area contributed by atoms with E-state index in [0.717, 1.165) is 18.8 Å². The van der Waals surface area contributed by atoms with Gasteiger partial charge in [0.25, 0.3) is 0 Å². The van der Waals surface area contributed by atoms with Crippen molar-refractivity contribution in [3.05, 3.63) is 54.3 Å². The van der Waals surface area contributed by atoms with Gasteiger partial charge in [-0.3, -0.25) is 0 Å². The van der Waals surface area contributed by atoms with E-state index in [0.29, 0.717) is 0 Å². The summed E-state index contributed by atoms with van der Waals surface area (Å²) in [5.41, 5.74) is 4.89. The summed E-state index contributed by atoms with van der Waals surface area (Å²) >= 11 is 0. The Hall–Kier alpha value is -2.22. The summed E-state index contributed by atoms with van der Waals surface area (Å²) in [4.78, 5) is 2.46. The number of hydrogen-bond acceptors (Lipinski definition) is 2. The molecule has 4 rings (SSSR count). The van der Waals surface area contributed by atoms with E-state index in [1.54, 1.807) is 0 Å². The van der Waals surface area contributed by atoms with Gasteiger partial charge in [-0.2, -0.15) is 0 Å². The lowest BCUT2D eigenvalue weighted by Crippen LogP contribution is -2.29. The van der Waals surface area contributed by atoms with Crippen molar-refractivity contribution in [3.8, 4) is 16.9 Å². The highest BCUT2D eigenvalue weighted by Gasteiger charge is 2.20. The standard InChI is InChI=1S/C19H19NO/c1-4-12-20(13-5-1)18-10-6-9-17-16-8-3-2-7-15(16)11-14-21-19(17)18/h2-3,6-11,14H,1,4-5,12-13H2. The van der Waals surface area contributed by atoms with Crippen LogP contribution in [-0.4, -0.2) is 13.1 Å². The highest BCUT2D eigenvalue weighted by atomic mass is 16.5. The minimum Gasteiger partial charge on any atom is -0.462 e. The molecule has 2 aliphatic heterocycles. The van der Waals surface area contributed by atoms with E-state index in [1.165, 1.54) is 41.6 Å². The van der Waals surface area contributed by atoms with E-state index in [1.807, 2.05) is 6.26 Å². The lowest BCUT2D eigenvalue weighted by Gasteiger charge is -2.30. The van der Waals surface area contributed by atoms with E-state index in [4.69, 9.17) is 4.74 Å². The fourth-order valence-electron chi connectivity index (χ4n) is 3.31. The van der Waals surface area contributed by atoms with Crippen molar-refractivity contribution in [3.63, 3.8) is 0 Å². The van der Waals surface area contributed by atoms with Crippen LogP contribution in [0.25, 0.3) is 17.2 Å². The van der Waals surface area contributed by atoms with Gasteiger partial charge in [-0.05, 0) is 42.5 Å². The topological polar surface area (TPSA) is 12.5 Å². The molecule has 0 atom stereocenters. The van der Waals surface area contributed by atoms with Crippen LogP contribution in [0.2, 0.25) is 0 Å². The van der Waals surface area contributed by atoms with Crippen molar-refractivity contribution in [2.24, 2.45) is 0 Å². The molecule has 0 amide bonds. The highest BCUT2D eigenvalue weighted by molar-refractivity contribution is 5.85. The van der Waals surface area contributed by atoms with Crippen molar-refractivity contribution in [2.45, 2.75) is 19.3 Å². The summed E-state index contributed by atoms with van der Waals surface area (Å²) in [6.45, 7) is 2.26. The third-order valence-electron chi connectivity index (χ3n) is 4.38. The lowest BCUT2D eigenvalue weighted by atomic mass is 9.98. The van der Waals surface area contributed by atoms with E-state index >= 15 is 0 Å². The average Bonchev–Trinajstić information content (AvgIpc) is 2.75. The number of ether oxygens (including phenoxy) is 1. The smallest absolute Gasteiger partial charge is 0.157 e. The Kier molecular flexibility index (Phi) is 3.15. The second-order valence-electron chi connectivity index (χ2n) is 5.71. The van der Waals surface area contributed by atoms with Gasteiger partial charge in [0.15, 0.2) is 5.75 Å². The zero-order chi connectivity index (χ0) is 14.1. The first-order valence-corrected chi connectivity index (χ1v) is 7.74. The Morgan fingerprint density at radius 2 is 1.62 bits per heavy atom. The van der Waals surface area contributed by atoms with Crippen LogP contribution in [-0.2, 0) is 0 Å². The number of para-hydroxylation sites is 1. The van der Waals surface area contributed by atoms with Gasteiger partial charge in [-0.25, -0.2) is 0 Å². The molecule has 0 aromatic heterocycles. The number of rotatable bonds is 1. The number of fused-ring (bicyclic) bond motifs is 3. The van der Waals surface area contributed by atoms with E-state index in [2.05, 4.69) is 53.4 Å². The van der Waals surface area contributed by atoms with Crippen LogP contribution >= 0.6 is 0 Å². The third-order valence-corrected chi connectivity index (χ3v) is 4.38. The molecule has 0 radical (unpaired) electrons. The molecule has 2 aliphatic rings. The molecule has 106 valence electrons. The zero-order valence-corrected chi connectivity index (χ0v) is 12.1. The van der Waals surface area contributed by atoms with E-state index < -0.39 is 0 Å². The molecule has 1 fully saturated rings. The summed E-state index contributed by atoms with van der Waals surface area (Å²) < 4.78 is 5.99. The van der Waals surface area contributed by atoms with Crippen LogP contribution in [0, 0.1) is 0 Å². The Morgan fingerprint density at radius 1 is 0.810 bits per heavy atom. The third kappa shape index (κ3) is 2.21. The molecule has 0 aliphatic carbocycles. The maximum atomic E-state index is 5.99. The second kappa shape index (κ2) is 5.28. The zero-order valence-electron chi connectivity index (χ0n) is 12.1. The van der Waals surface area contributed by atoms with E-state index in [9.17, 15) is 0 Å². The largest absolute Gasteiger partial charge is 0.462 e. The van der Waals surface area contributed by atoms with Crippen molar-refractivity contribution in [1.82, 2.24) is 0 Å². The molecule has 0 bridgehead atoms. The molecule has 0 spiro atoms. The molecular formula is C19H19NO. The number of anilines is 1. The van der Waals surface area contributed by atoms with Gasteiger partial charge in [-0.15, -0.1) is 0 Å². The first kappa shape index (κ1) is 12.5. The first-order chi connectivity index (χ1) is 10.4. The highest BCUT2D eigenvalue weighted by Crippen LogP contribution is 2.42. The van der Waals surface area contributed by atoms with Gasteiger partial charge < -0.3 is 9.64 Å². The molecule has 2 aromatic rings. The molecule has 0 N–H and O–H groups in total. The van der Waals surface area contributed by atoms with Crippen molar-refractivity contribution >= 4 is 11.8 Å². The molecule has 0 unspecified atom stereocenters. The quantitative estimate of drug-likeness (QED) is 0.748. The van der Waals surface area contributed by atoms with Crippen LogP contribution in [0.1, 0.15) is 24.8 Å². The molecule has 1 saturated heterocycles. The SMILES string of the molecule is C1=Cc2ccccc2-c2cccc(N3CCCCC3)c2O1. The molecule has 2 heterocycles. The van der Waals surface area contributed by atoms with Crippen molar-refractivity contribution < 1.29 is 4.74 Å². The van der Waals surface area contributed by atoms with Crippen LogP contribution in [0.15, 0.2) is 48.7 Å². The van der Waals surface area contributed by atoms with Crippen molar-refractivity contribution in [2.75, 3.05) is 18.0 Å². The molecule has 0 saturated carbocycles. The predicted molar refractivity (Wildman–Crippen MR) is 87.6 cm³/mol. The summed E-state index contributed by atoms with van der Waals surface area (Å²) in [5.74, 6) is 1.00. The summed E-state index contributed by atoms with van der Waals surface area (Å²) in [6.07, 6.45) is 7.76. The maximum Gasteiger partial charge on any atom is 0.157 e. The number of piperidine rings is 1. The molecule has 2 heteroatoms. The van der Waals surface area contributed by atoms with Gasteiger partial charge in [0.2, 0.25) is 0 Å². The minimum absolute atomic E-state index is 1.00. The molecule has 2 nitrogen and oxygen atoms in total. The fourth-order valence-corrected chi connectivity index (χ4v) is 3.31. The van der Waals surface area contributed by atoms with Crippen LogP contribution in [0.5, 0.6) is 5.75 Å². The Balaban J connectivity index is 1.86.